The molecule has 1 aromatic rings. The van der Waals surface area contributed by atoms with Crippen LogP contribution in [0.5, 0.6) is 11.5 Å². The number of benzene rings is 1. The maximum atomic E-state index is 12.3. The summed E-state index contributed by atoms with van der Waals surface area (Å²) in [7, 11) is 0. The zero-order valence-corrected chi connectivity index (χ0v) is 13.3. The van der Waals surface area contributed by atoms with Gasteiger partial charge in [0.25, 0.3) is 0 Å². The van der Waals surface area contributed by atoms with Gasteiger partial charge in [-0.2, -0.15) is 0 Å². The lowest BCUT2D eigenvalue weighted by molar-refractivity contribution is -0.126. The molecule has 2 fully saturated rings. The molecule has 0 radical (unpaired) electrons. The highest BCUT2D eigenvalue weighted by Gasteiger charge is 2.35. The van der Waals surface area contributed by atoms with Crippen molar-refractivity contribution in [3.05, 3.63) is 18.2 Å². The Morgan fingerprint density at radius 1 is 1.29 bits per heavy atom. The summed E-state index contributed by atoms with van der Waals surface area (Å²) in [6.07, 6.45) is 1.22. The molecule has 1 aromatic carbocycles. The van der Waals surface area contributed by atoms with Crippen LogP contribution >= 0.6 is 0 Å². The summed E-state index contributed by atoms with van der Waals surface area (Å²) in [4.78, 5) is 26.3. The van der Waals surface area contributed by atoms with Crippen LogP contribution in [0.4, 0.5) is 5.69 Å². The van der Waals surface area contributed by atoms with Crippen molar-refractivity contribution < 1.29 is 23.8 Å². The van der Waals surface area contributed by atoms with Crippen molar-refractivity contribution in [1.82, 2.24) is 5.32 Å². The number of ether oxygens (including phenoxy) is 3. The van der Waals surface area contributed by atoms with Gasteiger partial charge in [-0.3, -0.25) is 9.59 Å². The first-order valence-corrected chi connectivity index (χ1v) is 8.26. The van der Waals surface area contributed by atoms with E-state index < -0.39 is 0 Å². The molecule has 2 saturated heterocycles. The van der Waals surface area contributed by atoms with Crippen molar-refractivity contribution >= 4 is 17.5 Å². The minimum Gasteiger partial charge on any atom is -0.454 e. The van der Waals surface area contributed by atoms with E-state index in [1.54, 1.807) is 17.0 Å². The summed E-state index contributed by atoms with van der Waals surface area (Å²) in [5, 5.41) is 2.96. The van der Waals surface area contributed by atoms with Gasteiger partial charge in [-0.25, -0.2) is 0 Å². The van der Waals surface area contributed by atoms with Gasteiger partial charge in [0.2, 0.25) is 18.6 Å². The minimum absolute atomic E-state index is 0.0433. The maximum Gasteiger partial charge on any atom is 0.231 e. The molecule has 128 valence electrons. The number of anilines is 1. The van der Waals surface area contributed by atoms with Crippen molar-refractivity contribution in [2.24, 2.45) is 11.8 Å². The molecule has 0 spiro atoms. The van der Waals surface area contributed by atoms with Crippen molar-refractivity contribution in [3.63, 3.8) is 0 Å². The number of carbonyl (C=O) groups is 2. The van der Waals surface area contributed by atoms with Gasteiger partial charge in [-0.05, 0) is 18.6 Å². The molecular formula is C17H20N2O5. The Kier molecular flexibility index (Phi) is 4.02. The molecule has 0 bridgehead atoms. The van der Waals surface area contributed by atoms with E-state index in [4.69, 9.17) is 14.2 Å². The second-order valence-electron chi connectivity index (χ2n) is 6.42. The van der Waals surface area contributed by atoms with E-state index >= 15 is 0 Å². The van der Waals surface area contributed by atoms with Gasteiger partial charge >= 0.3 is 0 Å². The molecule has 24 heavy (non-hydrogen) atoms. The van der Waals surface area contributed by atoms with Gasteiger partial charge in [-0.1, -0.05) is 0 Å². The van der Waals surface area contributed by atoms with E-state index in [9.17, 15) is 9.59 Å². The van der Waals surface area contributed by atoms with Crippen LogP contribution in [0.15, 0.2) is 18.2 Å². The first-order chi connectivity index (χ1) is 11.7. The molecule has 2 atom stereocenters. The largest absolute Gasteiger partial charge is 0.454 e. The molecule has 7 nitrogen and oxygen atoms in total. The zero-order valence-electron chi connectivity index (χ0n) is 13.3. The van der Waals surface area contributed by atoms with Gasteiger partial charge in [0, 0.05) is 43.8 Å². The highest BCUT2D eigenvalue weighted by atomic mass is 16.7. The highest BCUT2D eigenvalue weighted by molar-refractivity contribution is 6.00. The average Bonchev–Trinajstić information content (AvgIpc) is 3.32. The maximum absolute atomic E-state index is 12.3. The zero-order chi connectivity index (χ0) is 16.5. The first-order valence-electron chi connectivity index (χ1n) is 8.26. The van der Waals surface area contributed by atoms with Crippen LogP contribution in [-0.2, 0) is 14.3 Å². The summed E-state index contributed by atoms with van der Waals surface area (Å²) in [5.41, 5.74) is 0.740. The Hall–Kier alpha value is -2.28. The summed E-state index contributed by atoms with van der Waals surface area (Å²) in [6, 6.07) is 5.40. The number of fused-ring (bicyclic) bond motifs is 1. The molecule has 3 aliphatic rings. The van der Waals surface area contributed by atoms with Crippen LogP contribution in [0.25, 0.3) is 0 Å². The molecule has 0 unspecified atom stereocenters. The number of carbonyl (C=O) groups excluding carboxylic acids is 2. The Balaban J connectivity index is 1.38. The van der Waals surface area contributed by atoms with Gasteiger partial charge in [0.1, 0.15) is 0 Å². The Morgan fingerprint density at radius 2 is 2.17 bits per heavy atom. The van der Waals surface area contributed by atoms with Crippen LogP contribution in [0.1, 0.15) is 12.8 Å². The fourth-order valence-corrected chi connectivity index (χ4v) is 3.32. The highest BCUT2D eigenvalue weighted by Crippen LogP contribution is 2.37. The Labute approximate surface area is 139 Å². The number of nitrogens with zero attached hydrogens (tertiary/aromatic N) is 1. The smallest absolute Gasteiger partial charge is 0.231 e. The Bertz CT molecular complexity index is 656. The predicted molar refractivity (Wildman–Crippen MR) is 85.0 cm³/mol. The van der Waals surface area contributed by atoms with E-state index in [2.05, 4.69) is 5.32 Å². The second kappa shape index (κ2) is 6.32. The van der Waals surface area contributed by atoms with Crippen molar-refractivity contribution in [3.8, 4) is 11.5 Å². The molecule has 3 heterocycles. The van der Waals surface area contributed by atoms with Crippen LogP contribution < -0.4 is 19.7 Å². The van der Waals surface area contributed by atoms with Gasteiger partial charge in [-0.15, -0.1) is 0 Å². The second-order valence-corrected chi connectivity index (χ2v) is 6.42. The van der Waals surface area contributed by atoms with Crippen molar-refractivity contribution in [1.29, 1.82) is 0 Å². The summed E-state index contributed by atoms with van der Waals surface area (Å²) < 4.78 is 15.9. The third-order valence-corrected chi connectivity index (χ3v) is 4.75. The minimum atomic E-state index is -0.315. The average molecular weight is 332 g/mol. The number of amides is 2. The standard InChI is InChI=1S/C17H20N2O5/c20-16-5-12(17(21)18-7-11-3-4-22-9-11)8-19(16)13-1-2-14-15(6-13)24-10-23-14/h1-2,6,11-12H,3-5,7-10H2,(H,18,21)/t11-,12+/m1/s1. The predicted octanol–water partition coefficient (Wildman–Crippen LogP) is 0.921. The third-order valence-electron chi connectivity index (χ3n) is 4.75. The van der Waals surface area contributed by atoms with E-state index in [0.717, 1.165) is 18.7 Å². The lowest BCUT2D eigenvalue weighted by Crippen LogP contribution is -2.36. The van der Waals surface area contributed by atoms with Crippen LogP contribution in [0.2, 0.25) is 0 Å². The fraction of sp³-hybridized carbons (Fsp3) is 0.529. The van der Waals surface area contributed by atoms with Crippen LogP contribution in [-0.4, -0.2) is 44.9 Å². The summed E-state index contributed by atoms with van der Waals surface area (Å²) >= 11 is 0. The fourth-order valence-electron chi connectivity index (χ4n) is 3.32. The quantitative estimate of drug-likeness (QED) is 0.887. The van der Waals surface area contributed by atoms with Gasteiger partial charge < -0.3 is 24.4 Å². The normalized spacial score (nSPS) is 25.3. The molecule has 0 aliphatic carbocycles. The number of nitrogens with one attached hydrogen (secondary N) is 1. The SMILES string of the molecule is O=C(NC[C@H]1CCOC1)[C@H]1CC(=O)N(c2ccc3c(c2)OCO3)C1. The monoisotopic (exact) mass is 332 g/mol. The molecule has 7 heteroatoms. The Morgan fingerprint density at radius 3 is 3.00 bits per heavy atom. The molecule has 3 aliphatic heterocycles. The van der Waals surface area contributed by atoms with E-state index in [1.165, 1.54) is 0 Å². The van der Waals surface area contributed by atoms with Gasteiger partial charge in [0.05, 0.1) is 12.5 Å². The number of hydrogen-bond donors (Lipinski definition) is 1. The van der Waals surface area contributed by atoms with Crippen LogP contribution in [0, 0.1) is 11.8 Å². The first kappa shape index (κ1) is 15.3. The number of hydrogen-bond acceptors (Lipinski definition) is 5. The molecule has 4 rings (SSSR count). The van der Waals surface area contributed by atoms with Crippen molar-refractivity contribution in [2.45, 2.75) is 12.8 Å². The van der Waals surface area contributed by atoms with Crippen LogP contribution in [0.3, 0.4) is 0 Å². The molecule has 1 N–H and O–H groups in total. The third kappa shape index (κ3) is 2.91. The number of rotatable bonds is 4. The lowest BCUT2D eigenvalue weighted by atomic mass is 10.1. The molecule has 2 amide bonds. The topological polar surface area (TPSA) is 77.1 Å². The van der Waals surface area contributed by atoms with Gasteiger partial charge in [0.15, 0.2) is 11.5 Å². The van der Waals surface area contributed by atoms with Crippen molar-refractivity contribution in [2.75, 3.05) is 38.0 Å². The van der Waals surface area contributed by atoms with E-state index in [-0.39, 0.29) is 30.9 Å². The molecule has 0 saturated carbocycles. The summed E-state index contributed by atoms with van der Waals surface area (Å²) in [5.74, 6) is 1.28. The lowest BCUT2D eigenvalue weighted by Gasteiger charge is -2.17. The van der Waals surface area contributed by atoms with E-state index in [1.807, 2.05) is 6.07 Å². The summed E-state index contributed by atoms with van der Waals surface area (Å²) in [6.45, 7) is 2.68. The molecular weight excluding hydrogens is 312 g/mol. The van der Waals surface area contributed by atoms with E-state index in [0.29, 0.717) is 37.1 Å². The molecule has 0 aromatic heterocycles.